The molecule has 23 heavy (non-hydrogen) atoms. The number of carbonyl (C=O) groups is 1. The normalized spacial score (nSPS) is 11.8. The molecule has 0 saturated heterocycles. The van der Waals surface area contributed by atoms with Gasteiger partial charge in [-0.2, -0.15) is 11.8 Å². The maximum Gasteiger partial charge on any atom is 0.328 e. The number of thioether (sulfide) groups is 2. The first-order valence-electron chi connectivity index (χ1n) is 6.49. The second kappa shape index (κ2) is 12.0. The molecular weight excluding hydrogens is 342 g/mol. The predicted octanol–water partition coefficient (Wildman–Crippen LogP) is -0.171. The molecule has 130 valence electrons. The lowest BCUT2D eigenvalue weighted by molar-refractivity contribution is -0.131. The molecule has 1 unspecified atom stereocenters. The van der Waals surface area contributed by atoms with Gasteiger partial charge in [-0.15, -0.1) is 11.8 Å². The Bertz CT molecular complexity index is 627. The molecule has 0 aliphatic heterocycles. The summed E-state index contributed by atoms with van der Waals surface area (Å²) in [5, 5.41) is 17.9. The summed E-state index contributed by atoms with van der Waals surface area (Å²) >= 11 is 3.54. The average molecular weight is 363 g/mol. The van der Waals surface area contributed by atoms with E-state index in [1.807, 2.05) is 4.98 Å². The highest BCUT2D eigenvalue weighted by atomic mass is 32.2. The number of aromatic amines is 2. The van der Waals surface area contributed by atoms with E-state index in [1.54, 1.807) is 23.5 Å². The van der Waals surface area contributed by atoms with Crippen LogP contribution in [-0.4, -0.2) is 55.9 Å². The van der Waals surface area contributed by atoms with E-state index >= 15 is 0 Å². The third-order valence-electron chi connectivity index (χ3n) is 2.34. The Labute approximate surface area is 141 Å². The van der Waals surface area contributed by atoms with Crippen molar-refractivity contribution in [3.8, 4) is 0 Å². The lowest BCUT2D eigenvalue weighted by Gasteiger charge is -2.04. The molecule has 10 heteroatoms. The van der Waals surface area contributed by atoms with Gasteiger partial charge in [-0.25, -0.2) is 9.59 Å². The first kappa shape index (κ1) is 21.5. The maximum atomic E-state index is 11.2. The standard InChI is InChI=1S/C8H8N2O4.C5H13NOS2/c1-4-5(2-3-6(11)12)7(13)10-8(14)9-4;1-8-4-9-3-5(6)2-7/h2-3H,1H3,(H,11,12)(H2,9,10,13,14);5,7H,2-4,6H2,1H3/b3-2+;. The van der Waals surface area contributed by atoms with Crippen LogP contribution in [0.4, 0.5) is 0 Å². The molecule has 0 aliphatic carbocycles. The molecule has 0 aliphatic rings. The third-order valence-corrected chi connectivity index (χ3v) is 4.61. The van der Waals surface area contributed by atoms with Gasteiger partial charge in [0.05, 0.1) is 12.2 Å². The molecule has 8 nitrogen and oxygen atoms in total. The Balaban J connectivity index is 0.000000468. The van der Waals surface area contributed by atoms with Crippen molar-refractivity contribution in [2.75, 3.05) is 23.7 Å². The fourth-order valence-electron chi connectivity index (χ4n) is 1.30. The van der Waals surface area contributed by atoms with Gasteiger partial charge < -0.3 is 20.9 Å². The van der Waals surface area contributed by atoms with Crippen LogP contribution in [0.3, 0.4) is 0 Å². The number of nitrogens with one attached hydrogen (secondary N) is 2. The minimum Gasteiger partial charge on any atom is -0.478 e. The summed E-state index contributed by atoms with van der Waals surface area (Å²) in [5.74, 6) is -0.299. The minimum atomic E-state index is -1.16. The van der Waals surface area contributed by atoms with Gasteiger partial charge in [0.2, 0.25) is 0 Å². The summed E-state index contributed by atoms with van der Waals surface area (Å²) in [6, 6.07) is -0.0397. The van der Waals surface area contributed by atoms with E-state index in [-0.39, 0.29) is 18.2 Å². The van der Waals surface area contributed by atoms with Gasteiger partial charge in [0, 0.05) is 28.6 Å². The number of carboxylic acid groups (broad SMARTS) is 1. The number of aromatic nitrogens is 2. The van der Waals surface area contributed by atoms with E-state index in [9.17, 15) is 14.4 Å². The van der Waals surface area contributed by atoms with Crippen molar-refractivity contribution >= 4 is 35.6 Å². The van der Waals surface area contributed by atoms with Crippen LogP contribution in [0, 0.1) is 6.92 Å². The SMILES string of the molecule is CSCSCC(N)CO.Cc1[nH]c(=O)[nH]c(=O)c1/C=C/C(=O)O. The largest absolute Gasteiger partial charge is 0.478 e. The molecule has 6 N–H and O–H groups in total. The van der Waals surface area contributed by atoms with Gasteiger partial charge in [0.25, 0.3) is 5.56 Å². The molecule has 0 aromatic carbocycles. The quantitative estimate of drug-likeness (QED) is 0.255. The number of aliphatic hydroxyl groups is 1. The first-order valence-corrected chi connectivity index (χ1v) is 9.04. The van der Waals surface area contributed by atoms with E-state index < -0.39 is 17.2 Å². The highest BCUT2D eigenvalue weighted by Gasteiger charge is 2.01. The van der Waals surface area contributed by atoms with Crippen LogP contribution in [0.1, 0.15) is 11.3 Å². The molecule has 1 rings (SSSR count). The monoisotopic (exact) mass is 363 g/mol. The summed E-state index contributed by atoms with van der Waals surface area (Å²) in [4.78, 5) is 36.4. The molecule has 0 spiro atoms. The zero-order valence-corrected chi connectivity index (χ0v) is 14.5. The Morgan fingerprint density at radius 1 is 1.39 bits per heavy atom. The van der Waals surface area contributed by atoms with Crippen LogP contribution < -0.4 is 17.0 Å². The van der Waals surface area contributed by atoms with Gasteiger partial charge in [0.15, 0.2) is 0 Å². The van der Waals surface area contributed by atoms with Crippen molar-refractivity contribution in [2.24, 2.45) is 5.73 Å². The van der Waals surface area contributed by atoms with Gasteiger partial charge in [-0.1, -0.05) is 0 Å². The molecule has 0 saturated carbocycles. The molecule has 0 bridgehead atoms. The summed E-state index contributed by atoms with van der Waals surface area (Å²) in [6.07, 6.45) is 4.01. The van der Waals surface area contributed by atoms with Crippen LogP contribution in [0.25, 0.3) is 6.08 Å². The lowest BCUT2D eigenvalue weighted by atomic mass is 10.2. The fraction of sp³-hybridized carbons (Fsp3) is 0.462. The Morgan fingerprint density at radius 2 is 2.04 bits per heavy atom. The number of nitrogens with two attached hydrogens (primary N) is 1. The molecule has 0 amide bonds. The van der Waals surface area contributed by atoms with Crippen LogP contribution in [-0.2, 0) is 4.79 Å². The van der Waals surface area contributed by atoms with Crippen LogP contribution >= 0.6 is 23.5 Å². The van der Waals surface area contributed by atoms with Gasteiger partial charge in [-0.3, -0.25) is 9.78 Å². The third kappa shape index (κ3) is 10.00. The number of H-pyrrole nitrogens is 2. The van der Waals surface area contributed by atoms with Crippen molar-refractivity contribution in [1.29, 1.82) is 0 Å². The number of rotatable bonds is 7. The topological polar surface area (TPSA) is 149 Å². The second-order valence-corrected chi connectivity index (χ2v) is 6.60. The second-order valence-electron chi connectivity index (χ2n) is 4.34. The summed E-state index contributed by atoms with van der Waals surface area (Å²) in [5.41, 5.74) is 4.68. The van der Waals surface area contributed by atoms with Gasteiger partial charge in [-0.05, 0) is 19.3 Å². The highest BCUT2D eigenvalue weighted by Crippen LogP contribution is 2.08. The van der Waals surface area contributed by atoms with E-state index in [0.29, 0.717) is 5.69 Å². The molecule has 1 aromatic rings. The van der Waals surface area contributed by atoms with Crippen molar-refractivity contribution < 1.29 is 15.0 Å². The molecular formula is C13H21N3O5S2. The summed E-state index contributed by atoms with van der Waals surface area (Å²) < 4.78 is 0. The molecule has 1 heterocycles. The minimum absolute atomic E-state index is 0.0397. The van der Waals surface area contributed by atoms with Crippen molar-refractivity contribution in [2.45, 2.75) is 13.0 Å². The molecule has 0 fully saturated rings. The number of aryl methyl sites for hydroxylation is 1. The van der Waals surface area contributed by atoms with Crippen molar-refractivity contribution in [3.05, 3.63) is 38.2 Å². The lowest BCUT2D eigenvalue weighted by Crippen LogP contribution is -2.26. The summed E-state index contributed by atoms with van der Waals surface area (Å²) in [6.45, 7) is 1.61. The predicted molar refractivity (Wildman–Crippen MR) is 95.0 cm³/mol. The Kier molecular flexibility index (Phi) is 11.2. The number of aliphatic carboxylic acids is 1. The average Bonchev–Trinajstić information content (AvgIpc) is 2.46. The van der Waals surface area contributed by atoms with E-state index in [1.165, 1.54) is 6.92 Å². The number of hydrogen-bond donors (Lipinski definition) is 5. The van der Waals surface area contributed by atoms with Crippen LogP contribution in [0.5, 0.6) is 0 Å². The van der Waals surface area contributed by atoms with Gasteiger partial charge in [0.1, 0.15) is 0 Å². The zero-order valence-electron chi connectivity index (χ0n) is 12.9. The van der Waals surface area contributed by atoms with Crippen LogP contribution in [0.2, 0.25) is 0 Å². The zero-order chi connectivity index (χ0) is 17.8. The molecule has 1 aromatic heterocycles. The van der Waals surface area contributed by atoms with E-state index in [4.69, 9.17) is 15.9 Å². The van der Waals surface area contributed by atoms with Crippen LogP contribution in [0.15, 0.2) is 15.7 Å². The molecule has 1 atom stereocenters. The fourth-order valence-corrected chi connectivity index (χ4v) is 2.76. The van der Waals surface area contributed by atoms with Crippen molar-refractivity contribution in [1.82, 2.24) is 9.97 Å². The summed E-state index contributed by atoms with van der Waals surface area (Å²) in [7, 11) is 0. The smallest absolute Gasteiger partial charge is 0.328 e. The van der Waals surface area contributed by atoms with Crippen molar-refractivity contribution in [3.63, 3.8) is 0 Å². The highest BCUT2D eigenvalue weighted by molar-refractivity contribution is 8.15. The first-order chi connectivity index (χ1) is 10.8. The van der Waals surface area contributed by atoms with E-state index in [0.717, 1.165) is 23.0 Å². The number of carboxylic acids is 1. The Morgan fingerprint density at radius 3 is 2.52 bits per heavy atom. The Hall–Kier alpha value is -1.49. The number of hydrogen-bond acceptors (Lipinski definition) is 7. The van der Waals surface area contributed by atoms with E-state index in [2.05, 4.69) is 11.2 Å². The number of aliphatic hydroxyl groups excluding tert-OH is 1. The maximum absolute atomic E-state index is 11.2. The molecule has 0 radical (unpaired) electrons. The van der Waals surface area contributed by atoms with Gasteiger partial charge >= 0.3 is 11.7 Å².